The summed E-state index contributed by atoms with van der Waals surface area (Å²) in [5.41, 5.74) is 7.70. The summed E-state index contributed by atoms with van der Waals surface area (Å²) in [5, 5.41) is 9.60. The van der Waals surface area contributed by atoms with Gasteiger partial charge in [-0.3, -0.25) is 10.1 Å². The second-order valence-corrected chi connectivity index (χ2v) is 11.1. The molecule has 0 aliphatic rings. The highest BCUT2D eigenvalue weighted by Gasteiger charge is 2.16. The maximum Gasteiger partial charge on any atom is 0.138 e. The summed E-state index contributed by atoms with van der Waals surface area (Å²) in [5.74, 6) is 0.826. The molecule has 0 aliphatic carbocycles. The molecule has 0 saturated heterocycles. The zero-order valence-electron chi connectivity index (χ0n) is 24.9. The first-order valence-electron chi connectivity index (χ1n) is 14.7. The van der Waals surface area contributed by atoms with Crippen LogP contribution in [0.5, 0.6) is 11.5 Å². The second-order valence-electron chi connectivity index (χ2n) is 11.1. The number of fused-ring (bicyclic) bond motifs is 2. The second kappa shape index (κ2) is 12.2. The smallest absolute Gasteiger partial charge is 0.138 e. The van der Waals surface area contributed by atoms with Crippen molar-refractivity contribution in [1.29, 1.82) is 0 Å². The summed E-state index contributed by atoms with van der Waals surface area (Å²) < 4.78 is 26.5. The van der Waals surface area contributed by atoms with E-state index >= 15 is 0 Å². The minimum Gasteiger partial charge on any atom is -0.492 e. The van der Waals surface area contributed by atoms with Gasteiger partial charge in [-0.05, 0) is 78.8 Å². The Morgan fingerprint density at radius 3 is 2.53 bits per heavy atom. The van der Waals surface area contributed by atoms with Crippen LogP contribution in [0.15, 0.2) is 104 Å². The van der Waals surface area contributed by atoms with E-state index in [1.54, 1.807) is 12.4 Å². The molecule has 7 aromatic rings. The number of ether oxygens (including phenoxy) is 2. The van der Waals surface area contributed by atoms with E-state index in [-0.39, 0.29) is 5.82 Å². The van der Waals surface area contributed by atoms with Gasteiger partial charge in [0, 0.05) is 41.3 Å². The molecule has 3 aromatic carbocycles. The lowest BCUT2D eigenvalue weighted by molar-refractivity contribution is 0.260. The van der Waals surface area contributed by atoms with Crippen molar-refractivity contribution in [3.05, 3.63) is 115 Å². The highest BCUT2D eigenvalue weighted by Crippen LogP contribution is 2.36. The van der Waals surface area contributed by atoms with Crippen LogP contribution in [0.2, 0.25) is 0 Å². The normalized spacial score (nSPS) is 11.5. The van der Waals surface area contributed by atoms with Gasteiger partial charge in [-0.15, -0.1) is 0 Å². The topological polar surface area (TPSA) is 92.0 Å². The van der Waals surface area contributed by atoms with Crippen LogP contribution in [0.25, 0.3) is 55.6 Å². The number of H-pyrrole nitrogens is 2. The average molecular weight is 599 g/mol. The molecule has 2 N–H and O–H groups in total. The molecule has 7 rings (SSSR count). The fourth-order valence-corrected chi connectivity index (χ4v) is 5.35. The van der Waals surface area contributed by atoms with E-state index in [0.717, 1.165) is 56.5 Å². The molecule has 224 valence electrons. The van der Waals surface area contributed by atoms with Gasteiger partial charge >= 0.3 is 0 Å². The van der Waals surface area contributed by atoms with Crippen molar-refractivity contribution in [2.24, 2.45) is 0 Å². The number of halogens is 1. The quantitative estimate of drug-likeness (QED) is 0.170. The van der Waals surface area contributed by atoms with E-state index in [1.807, 2.05) is 91.9 Å². The van der Waals surface area contributed by atoms with E-state index < -0.39 is 0 Å². The molecule has 8 nitrogen and oxygen atoms in total. The van der Waals surface area contributed by atoms with E-state index in [2.05, 4.69) is 31.2 Å². The van der Waals surface area contributed by atoms with E-state index in [1.165, 1.54) is 12.1 Å². The third-order valence-electron chi connectivity index (χ3n) is 7.63. The fraction of sp³-hybridized carbons (Fsp3) is 0.139. The van der Waals surface area contributed by atoms with Gasteiger partial charge in [-0.1, -0.05) is 36.4 Å². The lowest BCUT2D eigenvalue weighted by Crippen LogP contribution is -2.19. The molecule has 4 aromatic heterocycles. The van der Waals surface area contributed by atoms with Crippen LogP contribution in [0, 0.1) is 5.82 Å². The van der Waals surface area contributed by atoms with Crippen LogP contribution in [0.4, 0.5) is 4.39 Å². The fourth-order valence-electron chi connectivity index (χ4n) is 5.35. The van der Waals surface area contributed by atoms with Crippen molar-refractivity contribution in [3.8, 4) is 45.1 Å². The average Bonchev–Trinajstić information content (AvgIpc) is 3.68. The molecule has 0 saturated carbocycles. The van der Waals surface area contributed by atoms with E-state index in [0.29, 0.717) is 35.9 Å². The molecule has 0 radical (unpaired) electrons. The summed E-state index contributed by atoms with van der Waals surface area (Å²) in [6, 6.07) is 26.9. The number of aromatic nitrogens is 5. The summed E-state index contributed by atoms with van der Waals surface area (Å²) in [6.07, 6.45) is 5.27. The maximum atomic E-state index is 14.7. The van der Waals surface area contributed by atoms with Crippen LogP contribution in [-0.2, 0) is 6.61 Å². The molecule has 4 heterocycles. The number of nitrogens with zero attached hydrogens (tertiary/aromatic N) is 4. The van der Waals surface area contributed by atoms with Gasteiger partial charge in [-0.2, -0.15) is 5.10 Å². The predicted molar refractivity (Wildman–Crippen MR) is 175 cm³/mol. The van der Waals surface area contributed by atoms with Crippen molar-refractivity contribution >= 4 is 21.9 Å². The summed E-state index contributed by atoms with van der Waals surface area (Å²) in [7, 11) is 3.94. The third-order valence-corrected chi connectivity index (χ3v) is 7.63. The Morgan fingerprint density at radius 2 is 1.67 bits per heavy atom. The van der Waals surface area contributed by atoms with Gasteiger partial charge in [0.25, 0.3) is 0 Å². The standard InChI is InChI=1S/C36H31FN6O2/c1-43(2)12-13-44-28-15-25(14-27(37)18-28)30-10-11-39-36-31(30)19-34(40-36)35-32-17-24(8-9-33(32)41-42-35)26-16-29(21-38-20-26)45-22-23-6-4-3-5-7-23/h3-11,14-21H,12-13,22H2,1-2H3,(H,39,40)(H,41,42). The van der Waals surface area contributed by atoms with Crippen LogP contribution >= 0.6 is 0 Å². The van der Waals surface area contributed by atoms with Crippen molar-refractivity contribution < 1.29 is 13.9 Å². The summed E-state index contributed by atoms with van der Waals surface area (Å²) in [6.45, 7) is 1.66. The Labute approximate surface area is 259 Å². The summed E-state index contributed by atoms with van der Waals surface area (Å²) >= 11 is 0. The number of nitrogens with one attached hydrogen (secondary N) is 2. The van der Waals surface area contributed by atoms with Gasteiger partial charge in [0.1, 0.15) is 41.9 Å². The van der Waals surface area contributed by atoms with Crippen molar-refractivity contribution in [2.75, 3.05) is 27.2 Å². The predicted octanol–water partition coefficient (Wildman–Crippen LogP) is 7.49. The number of hydrogen-bond donors (Lipinski definition) is 2. The molecule has 45 heavy (non-hydrogen) atoms. The minimum absolute atomic E-state index is 0.358. The number of likely N-dealkylation sites (N-methyl/N-ethyl adjacent to an activating group) is 1. The minimum atomic E-state index is -0.358. The van der Waals surface area contributed by atoms with Gasteiger partial charge in [0.2, 0.25) is 0 Å². The highest BCUT2D eigenvalue weighted by atomic mass is 19.1. The van der Waals surface area contributed by atoms with Crippen LogP contribution < -0.4 is 9.47 Å². The lowest BCUT2D eigenvalue weighted by atomic mass is 10.0. The lowest BCUT2D eigenvalue weighted by Gasteiger charge is -2.12. The first kappa shape index (κ1) is 28.2. The molecular weight excluding hydrogens is 567 g/mol. The van der Waals surface area contributed by atoms with E-state index in [9.17, 15) is 4.39 Å². The molecule has 0 aliphatic heterocycles. The monoisotopic (exact) mass is 598 g/mol. The number of hydrogen-bond acceptors (Lipinski definition) is 6. The van der Waals surface area contributed by atoms with Gasteiger partial charge in [0.05, 0.1) is 17.4 Å². The van der Waals surface area contributed by atoms with Crippen molar-refractivity contribution in [2.45, 2.75) is 6.61 Å². The molecule has 0 atom stereocenters. The SMILES string of the molecule is CN(C)CCOc1cc(F)cc(-c2ccnc3[nH]c(-c4n[nH]c5ccc(-c6cncc(OCc7ccccc7)c6)cc45)cc23)c1. The largest absolute Gasteiger partial charge is 0.492 e. The van der Waals surface area contributed by atoms with Gasteiger partial charge in [0.15, 0.2) is 0 Å². The Morgan fingerprint density at radius 1 is 0.800 bits per heavy atom. The van der Waals surface area contributed by atoms with E-state index in [4.69, 9.17) is 9.47 Å². The number of pyridine rings is 2. The molecule has 0 amide bonds. The molecule has 9 heteroatoms. The van der Waals surface area contributed by atoms with Gasteiger partial charge < -0.3 is 19.4 Å². The molecule has 0 bridgehead atoms. The van der Waals surface area contributed by atoms with Crippen LogP contribution in [-0.4, -0.2) is 57.3 Å². The Kier molecular flexibility index (Phi) is 7.67. The summed E-state index contributed by atoms with van der Waals surface area (Å²) in [4.78, 5) is 14.4. The molecule has 0 fully saturated rings. The first-order chi connectivity index (χ1) is 22.0. The highest BCUT2D eigenvalue weighted by molar-refractivity contribution is 6.00. The zero-order chi connectivity index (χ0) is 30.8. The number of aromatic amines is 2. The number of rotatable bonds is 10. The van der Waals surface area contributed by atoms with Crippen molar-refractivity contribution in [3.63, 3.8) is 0 Å². The van der Waals surface area contributed by atoms with Crippen molar-refractivity contribution in [1.82, 2.24) is 30.0 Å². The van der Waals surface area contributed by atoms with Crippen LogP contribution in [0.3, 0.4) is 0 Å². The third kappa shape index (κ3) is 6.11. The first-order valence-corrected chi connectivity index (χ1v) is 14.7. The molecule has 0 unspecified atom stereocenters. The van der Waals surface area contributed by atoms with Crippen LogP contribution in [0.1, 0.15) is 5.56 Å². The molecular formula is C36H31FN6O2. The Bertz CT molecular complexity index is 2100. The Hall–Kier alpha value is -5.54. The zero-order valence-corrected chi connectivity index (χ0v) is 24.9. The molecule has 0 spiro atoms. The number of benzene rings is 3. The van der Waals surface area contributed by atoms with Gasteiger partial charge in [-0.25, -0.2) is 9.37 Å². The Balaban J connectivity index is 1.20. The maximum absolute atomic E-state index is 14.7.